The van der Waals surface area contributed by atoms with Crippen LogP contribution in [0.3, 0.4) is 0 Å². The molecule has 0 atom stereocenters. The van der Waals surface area contributed by atoms with Gasteiger partial charge in [0.15, 0.2) is 5.69 Å². The van der Waals surface area contributed by atoms with Crippen molar-refractivity contribution in [1.82, 2.24) is 4.98 Å². The third-order valence-corrected chi connectivity index (χ3v) is 3.84. The molecule has 7 nitrogen and oxygen atoms in total. The Kier molecular flexibility index (Phi) is 5.04. The zero-order valence-electron chi connectivity index (χ0n) is 13.5. The van der Waals surface area contributed by atoms with E-state index in [1.54, 1.807) is 36.4 Å². The summed E-state index contributed by atoms with van der Waals surface area (Å²) in [7, 11) is 0. The average molecular weight is 362 g/mol. The number of hydrogen-bond donors (Lipinski definition) is 1. The number of benzene rings is 1. The molecule has 0 unspecified atom stereocenters. The Morgan fingerprint density at radius 2 is 2.16 bits per heavy atom. The summed E-state index contributed by atoms with van der Waals surface area (Å²) in [6, 6.07) is 10.1. The molecule has 2 amide bonds. The average Bonchev–Trinajstić information content (AvgIpc) is 3.03. The van der Waals surface area contributed by atoms with E-state index in [-0.39, 0.29) is 10.7 Å². The lowest BCUT2D eigenvalue weighted by molar-refractivity contribution is 0.102. The van der Waals surface area contributed by atoms with Gasteiger partial charge in [0, 0.05) is 6.07 Å². The van der Waals surface area contributed by atoms with Gasteiger partial charge >= 0.3 is 6.09 Å². The minimum Gasteiger partial charge on any atom is -0.478 e. The summed E-state index contributed by atoms with van der Waals surface area (Å²) < 4.78 is 10.3. The molecular weight excluding hydrogens is 346 g/mol. The molecule has 1 aromatic heterocycles. The largest absolute Gasteiger partial charge is 0.478 e. The van der Waals surface area contributed by atoms with Crippen LogP contribution in [0.2, 0.25) is 5.02 Å². The van der Waals surface area contributed by atoms with Crippen molar-refractivity contribution in [2.75, 3.05) is 30.0 Å². The summed E-state index contributed by atoms with van der Waals surface area (Å²) in [6.07, 6.45) is -0.448. The summed E-state index contributed by atoms with van der Waals surface area (Å²) in [6.45, 7) is 2.98. The third kappa shape index (κ3) is 3.66. The van der Waals surface area contributed by atoms with E-state index in [0.29, 0.717) is 37.0 Å². The van der Waals surface area contributed by atoms with E-state index in [0.717, 1.165) is 0 Å². The standard InChI is InChI=1S/C17H16ClN3O4/c1-2-24-14-8-7-11(18)15(20-14)16(22)19-12-5-3-4-6-13(12)21-9-10-25-17(21)23/h3-8H,2,9-10H2,1H3,(H,19,22). The van der Waals surface area contributed by atoms with E-state index in [2.05, 4.69) is 10.3 Å². The predicted molar refractivity (Wildman–Crippen MR) is 93.5 cm³/mol. The molecule has 1 aromatic carbocycles. The summed E-state index contributed by atoms with van der Waals surface area (Å²) >= 11 is 6.08. The first-order chi connectivity index (χ1) is 12.1. The van der Waals surface area contributed by atoms with Crippen molar-refractivity contribution in [2.45, 2.75) is 6.92 Å². The molecule has 1 N–H and O–H groups in total. The molecule has 1 fully saturated rings. The molecule has 1 aliphatic rings. The highest BCUT2D eigenvalue weighted by Crippen LogP contribution is 2.29. The van der Waals surface area contributed by atoms with Crippen molar-refractivity contribution < 1.29 is 19.1 Å². The maximum Gasteiger partial charge on any atom is 0.414 e. The van der Waals surface area contributed by atoms with Gasteiger partial charge in [-0.3, -0.25) is 9.69 Å². The lowest BCUT2D eigenvalue weighted by atomic mass is 10.2. The maximum atomic E-state index is 12.6. The topological polar surface area (TPSA) is 80.8 Å². The summed E-state index contributed by atoms with van der Waals surface area (Å²) in [5.74, 6) is -0.181. The Morgan fingerprint density at radius 3 is 2.88 bits per heavy atom. The van der Waals surface area contributed by atoms with Gasteiger partial charge in [-0.05, 0) is 25.1 Å². The van der Waals surface area contributed by atoms with Crippen LogP contribution in [0.25, 0.3) is 0 Å². The number of anilines is 2. The number of carbonyl (C=O) groups is 2. The van der Waals surface area contributed by atoms with Crippen molar-refractivity contribution in [3.05, 3.63) is 47.1 Å². The molecule has 3 rings (SSSR count). The van der Waals surface area contributed by atoms with Gasteiger partial charge in [-0.25, -0.2) is 9.78 Å². The zero-order chi connectivity index (χ0) is 17.8. The summed E-state index contributed by atoms with van der Waals surface area (Å²) in [4.78, 5) is 30.0. The van der Waals surface area contributed by atoms with Crippen LogP contribution in [-0.4, -0.2) is 36.7 Å². The Labute approximate surface area is 149 Å². The van der Waals surface area contributed by atoms with Crippen LogP contribution < -0.4 is 15.0 Å². The number of pyridine rings is 1. The van der Waals surface area contributed by atoms with Crippen LogP contribution in [0, 0.1) is 0 Å². The van der Waals surface area contributed by atoms with Gasteiger partial charge in [0.05, 0.1) is 29.5 Å². The molecule has 0 aliphatic carbocycles. The molecule has 0 radical (unpaired) electrons. The number of aromatic nitrogens is 1. The van der Waals surface area contributed by atoms with Gasteiger partial charge in [0.2, 0.25) is 5.88 Å². The minimum atomic E-state index is -0.494. The number of halogens is 1. The Balaban J connectivity index is 1.87. The van der Waals surface area contributed by atoms with E-state index < -0.39 is 12.0 Å². The highest BCUT2D eigenvalue weighted by atomic mass is 35.5. The number of rotatable bonds is 5. The first-order valence-electron chi connectivity index (χ1n) is 7.74. The first kappa shape index (κ1) is 17.0. The highest BCUT2D eigenvalue weighted by Gasteiger charge is 2.26. The van der Waals surface area contributed by atoms with E-state index in [4.69, 9.17) is 21.1 Å². The van der Waals surface area contributed by atoms with Gasteiger partial charge in [-0.2, -0.15) is 0 Å². The number of cyclic esters (lactones) is 1. The van der Waals surface area contributed by atoms with Crippen LogP contribution >= 0.6 is 11.6 Å². The second-order valence-electron chi connectivity index (χ2n) is 5.15. The van der Waals surface area contributed by atoms with Gasteiger partial charge < -0.3 is 14.8 Å². The van der Waals surface area contributed by atoms with Crippen LogP contribution in [0.5, 0.6) is 5.88 Å². The molecule has 0 saturated carbocycles. The number of nitrogens with zero attached hydrogens (tertiary/aromatic N) is 2. The highest BCUT2D eigenvalue weighted by molar-refractivity contribution is 6.34. The summed E-state index contributed by atoms with van der Waals surface area (Å²) in [5, 5.41) is 2.95. The van der Waals surface area contributed by atoms with E-state index in [1.165, 1.54) is 4.90 Å². The third-order valence-electron chi connectivity index (χ3n) is 3.53. The molecule has 0 spiro atoms. The minimum absolute atomic E-state index is 0.0476. The van der Waals surface area contributed by atoms with Gasteiger partial charge in [-0.15, -0.1) is 0 Å². The lowest BCUT2D eigenvalue weighted by Gasteiger charge is -2.17. The molecule has 0 bridgehead atoms. The zero-order valence-corrected chi connectivity index (χ0v) is 14.2. The predicted octanol–water partition coefficient (Wildman–Crippen LogP) is 3.34. The molecule has 1 aliphatic heterocycles. The second kappa shape index (κ2) is 7.40. The van der Waals surface area contributed by atoms with Crippen LogP contribution in [0.1, 0.15) is 17.4 Å². The fourth-order valence-electron chi connectivity index (χ4n) is 2.42. The van der Waals surface area contributed by atoms with Gasteiger partial charge in [-0.1, -0.05) is 23.7 Å². The molecule has 1 saturated heterocycles. The van der Waals surface area contributed by atoms with E-state index >= 15 is 0 Å². The molecule has 2 heterocycles. The van der Waals surface area contributed by atoms with Crippen molar-refractivity contribution in [3.8, 4) is 5.88 Å². The number of nitrogens with one attached hydrogen (secondary N) is 1. The van der Waals surface area contributed by atoms with E-state index in [9.17, 15) is 9.59 Å². The summed E-state index contributed by atoms with van der Waals surface area (Å²) in [5.41, 5.74) is 1.06. The normalized spacial score (nSPS) is 13.5. The SMILES string of the molecule is CCOc1ccc(Cl)c(C(=O)Nc2ccccc2N2CCOC2=O)n1. The quantitative estimate of drug-likeness (QED) is 0.883. The number of hydrogen-bond acceptors (Lipinski definition) is 5. The molecule has 130 valence electrons. The number of para-hydroxylation sites is 2. The Morgan fingerprint density at radius 1 is 1.36 bits per heavy atom. The molecular formula is C17H16ClN3O4. The smallest absolute Gasteiger partial charge is 0.414 e. The Bertz CT molecular complexity index is 812. The van der Waals surface area contributed by atoms with Crippen LogP contribution in [-0.2, 0) is 4.74 Å². The fourth-order valence-corrected chi connectivity index (χ4v) is 2.61. The molecule has 25 heavy (non-hydrogen) atoms. The first-order valence-corrected chi connectivity index (χ1v) is 8.12. The fraction of sp³-hybridized carbons (Fsp3) is 0.235. The van der Waals surface area contributed by atoms with Crippen molar-refractivity contribution in [3.63, 3.8) is 0 Å². The lowest BCUT2D eigenvalue weighted by Crippen LogP contribution is -2.25. The Hall–Kier alpha value is -2.80. The maximum absolute atomic E-state index is 12.6. The van der Waals surface area contributed by atoms with Crippen LogP contribution in [0.4, 0.5) is 16.2 Å². The number of amides is 2. The van der Waals surface area contributed by atoms with E-state index in [1.807, 2.05) is 6.92 Å². The van der Waals surface area contributed by atoms with Gasteiger partial charge in [0.25, 0.3) is 5.91 Å². The van der Waals surface area contributed by atoms with Gasteiger partial charge in [0.1, 0.15) is 6.61 Å². The van der Waals surface area contributed by atoms with Crippen molar-refractivity contribution in [2.24, 2.45) is 0 Å². The molecule has 2 aromatic rings. The van der Waals surface area contributed by atoms with Crippen molar-refractivity contribution >= 4 is 35.0 Å². The second-order valence-corrected chi connectivity index (χ2v) is 5.56. The number of carbonyl (C=O) groups excluding carboxylic acids is 2. The van der Waals surface area contributed by atoms with Crippen molar-refractivity contribution in [1.29, 1.82) is 0 Å². The van der Waals surface area contributed by atoms with Crippen LogP contribution in [0.15, 0.2) is 36.4 Å². The molecule has 8 heteroatoms. The number of ether oxygens (including phenoxy) is 2. The monoisotopic (exact) mass is 361 g/mol.